The maximum atomic E-state index is 12.0. The van der Waals surface area contributed by atoms with Crippen molar-refractivity contribution in [3.63, 3.8) is 0 Å². The lowest BCUT2D eigenvalue weighted by Crippen LogP contribution is -2.22. The predicted octanol–water partition coefficient (Wildman–Crippen LogP) is 2.65. The van der Waals surface area contributed by atoms with Gasteiger partial charge in [0, 0.05) is 12.1 Å². The molecule has 0 fully saturated rings. The van der Waals surface area contributed by atoms with Crippen molar-refractivity contribution in [3.8, 4) is 0 Å². The highest BCUT2D eigenvalue weighted by atomic mass is 16.5. The van der Waals surface area contributed by atoms with Crippen LogP contribution in [0.25, 0.3) is 10.9 Å². The summed E-state index contributed by atoms with van der Waals surface area (Å²) in [5.41, 5.74) is 3.04. The van der Waals surface area contributed by atoms with E-state index in [4.69, 9.17) is 4.74 Å². The van der Waals surface area contributed by atoms with E-state index in [0.29, 0.717) is 22.4 Å². The molecular weight excluding hydrogens is 358 g/mol. The molecule has 3 aromatic rings. The first-order valence-corrected chi connectivity index (χ1v) is 8.93. The molecule has 0 radical (unpaired) electrons. The molecule has 7 heteroatoms. The van der Waals surface area contributed by atoms with Gasteiger partial charge in [-0.2, -0.15) is 0 Å². The minimum Gasteiger partial charge on any atom is -0.456 e. The van der Waals surface area contributed by atoms with E-state index in [-0.39, 0.29) is 25.0 Å². The number of benzene rings is 2. The van der Waals surface area contributed by atoms with Crippen molar-refractivity contribution in [3.05, 3.63) is 69.8 Å². The lowest BCUT2D eigenvalue weighted by Gasteiger charge is -2.10. The Bertz CT molecular complexity index is 1090. The maximum absolute atomic E-state index is 12.0. The number of hydrogen-bond donors (Lipinski definition) is 2. The molecule has 1 amide bonds. The van der Waals surface area contributed by atoms with Gasteiger partial charge in [-0.3, -0.25) is 14.4 Å². The number of nitrogens with one attached hydrogen (secondary N) is 2. The second-order valence-corrected chi connectivity index (χ2v) is 6.49. The molecular formula is C21H21N3O4. The maximum Gasteiger partial charge on any atom is 0.306 e. The molecule has 0 spiro atoms. The third kappa shape index (κ3) is 4.62. The molecule has 0 atom stereocenters. The van der Waals surface area contributed by atoms with Crippen molar-refractivity contribution in [1.29, 1.82) is 0 Å². The van der Waals surface area contributed by atoms with E-state index < -0.39 is 11.9 Å². The van der Waals surface area contributed by atoms with Crippen molar-refractivity contribution < 1.29 is 14.3 Å². The van der Waals surface area contributed by atoms with Crippen LogP contribution in [-0.2, 0) is 20.7 Å². The first-order chi connectivity index (χ1) is 13.4. The van der Waals surface area contributed by atoms with E-state index in [1.807, 2.05) is 26.0 Å². The number of anilines is 1. The summed E-state index contributed by atoms with van der Waals surface area (Å²) in [6.45, 7) is 3.50. The van der Waals surface area contributed by atoms with E-state index in [9.17, 15) is 14.4 Å². The van der Waals surface area contributed by atoms with E-state index in [1.165, 1.54) is 0 Å². The number of hydrogen-bond acceptors (Lipinski definition) is 5. The molecule has 144 valence electrons. The molecule has 28 heavy (non-hydrogen) atoms. The number of para-hydroxylation sites is 1. The van der Waals surface area contributed by atoms with Crippen LogP contribution < -0.4 is 10.9 Å². The molecule has 7 nitrogen and oxygen atoms in total. The molecule has 0 saturated carbocycles. The second-order valence-electron chi connectivity index (χ2n) is 6.49. The van der Waals surface area contributed by atoms with Gasteiger partial charge in [0.15, 0.2) is 6.61 Å². The SMILES string of the molecule is Cc1cccc(NC(=O)COC(=O)CCc2nc3ccccc3c(=O)[nH]2)c1C. The van der Waals surface area contributed by atoms with E-state index in [1.54, 1.807) is 30.3 Å². The Labute approximate surface area is 161 Å². The second kappa shape index (κ2) is 8.47. The van der Waals surface area contributed by atoms with Gasteiger partial charge < -0.3 is 15.0 Å². The van der Waals surface area contributed by atoms with Crippen LogP contribution in [0.5, 0.6) is 0 Å². The highest BCUT2D eigenvalue weighted by Crippen LogP contribution is 2.17. The lowest BCUT2D eigenvalue weighted by atomic mass is 10.1. The number of aromatic nitrogens is 2. The van der Waals surface area contributed by atoms with Gasteiger partial charge in [0.2, 0.25) is 0 Å². The summed E-state index contributed by atoms with van der Waals surface area (Å²) >= 11 is 0. The lowest BCUT2D eigenvalue weighted by molar-refractivity contribution is -0.147. The number of esters is 1. The van der Waals surface area contributed by atoms with Gasteiger partial charge in [0.25, 0.3) is 11.5 Å². The van der Waals surface area contributed by atoms with Crippen LogP contribution in [0.3, 0.4) is 0 Å². The Balaban J connectivity index is 1.51. The van der Waals surface area contributed by atoms with E-state index in [2.05, 4.69) is 15.3 Å². The number of nitrogens with zero attached hydrogens (tertiary/aromatic N) is 1. The van der Waals surface area contributed by atoms with Crippen molar-refractivity contribution in [2.24, 2.45) is 0 Å². The molecule has 0 aliphatic carbocycles. The average Bonchev–Trinajstić information content (AvgIpc) is 2.68. The van der Waals surface area contributed by atoms with Crippen LogP contribution in [0.15, 0.2) is 47.3 Å². The summed E-state index contributed by atoms with van der Waals surface area (Å²) < 4.78 is 5.01. The Hall–Kier alpha value is -3.48. The van der Waals surface area contributed by atoms with E-state index >= 15 is 0 Å². The van der Waals surface area contributed by atoms with Crippen LogP contribution in [0.1, 0.15) is 23.4 Å². The van der Waals surface area contributed by atoms with Crippen LogP contribution in [0.4, 0.5) is 5.69 Å². The van der Waals surface area contributed by atoms with Gasteiger partial charge in [0.05, 0.1) is 17.3 Å². The topological polar surface area (TPSA) is 101 Å². The van der Waals surface area contributed by atoms with Crippen LogP contribution in [0.2, 0.25) is 0 Å². The number of amides is 1. The number of carbonyl (C=O) groups is 2. The van der Waals surface area contributed by atoms with Gasteiger partial charge in [0.1, 0.15) is 5.82 Å². The number of rotatable bonds is 6. The summed E-state index contributed by atoms with van der Waals surface area (Å²) in [5, 5.41) is 3.23. The van der Waals surface area contributed by atoms with Gasteiger partial charge in [-0.05, 0) is 43.2 Å². The van der Waals surface area contributed by atoms with Crippen LogP contribution in [0, 0.1) is 13.8 Å². The fraction of sp³-hybridized carbons (Fsp3) is 0.238. The molecule has 0 bridgehead atoms. The Kier molecular flexibility index (Phi) is 5.84. The molecule has 1 aromatic heterocycles. The van der Waals surface area contributed by atoms with Crippen molar-refractivity contribution in [1.82, 2.24) is 9.97 Å². The van der Waals surface area contributed by atoms with Gasteiger partial charge >= 0.3 is 5.97 Å². The molecule has 0 unspecified atom stereocenters. The molecule has 0 saturated heterocycles. The van der Waals surface area contributed by atoms with Crippen molar-refractivity contribution >= 4 is 28.5 Å². The number of fused-ring (bicyclic) bond motifs is 1. The van der Waals surface area contributed by atoms with Crippen LogP contribution in [-0.4, -0.2) is 28.5 Å². The fourth-order valence-corrected chi connectivity index (χ4v) is 2.76. The highest BCUT2D eigenvalue weighted by Gasteiger charge is 2.11. The minimum absolute atomic E-state index is 0.0119. The summed E-state index contributed by atoms with van der Waals surface area (Å²) in [7, 11) is 0. The Morgan fingerprint density at radius 1 is 1.11 bits per heavy atom. The Morgan fingerprint density at radius 3 is 2.71 bits per heavy atom. The fourth-order valence-electron chi connectivity index (χ4n) is 2.76. The minimum atomic E-state index is -0.535. The summed E-state index contributed by atoms with van der Waals surface area (Å²) in [6, 6.07) is 12.6. The zero-order valence-electron chi connectivity index (χ0n) is 15.7. The first-order valence-electron chi connectivity index (χ1n) is 8.93. The largest absolute Gasteiger partial charge is 0.456 e. The smallest absolute Gasteiger partial charge is 0.306 e. The van der Waals surface area contributed by atoms with Gasteiger partial charge in [-0.15, -0.1) is 0 Å². The summed E-state index contributed by atoms with van der Waals surface area (Å²) in [4.78, 5) is 42.9. The predicted molar refractivity (Wildman–Crippen MR) is 106 cm³/mol. The Morgan fingerprint density at radius 2 is 1.89 bits per heavy atom. The third-order valence-electron chi connectivity index (χ3n) is 4.47. The zero-order valence-corrected chi connectivity index (χ0v) is 15.7. The number of ether oxygens (including phenoxy) is 1. The van der Waals surface area contributed by atoms with Crippen molar-refractivity contribution in [2.75, 3.05) is 11.9 Å². The molecule has 0 aliphatic rings. The number of aryl methyl sites for hydroxylation is 2. The molecule has 1 heterocycles. The normalized spacial score (nSPS) is 10.6. The average molecular weight is 379 g/mol. The zero-order chi connectivity index (χ0) is 20.1. The quantitative estimate of drug-likeness (QED) is 0.641. The monoisotopic (exact) mass is 379 g/mol. The van der Waals surface area contributed by atoms with Crippen molar-refractivity contribution in [2.45, 2.75) is 26.7 Å². The van der Waals surface area contributed by atoms with E-state index in [0.717, 1.165) is 11.1 Å². The molecule has 2 aromatic carbocycles. The number of carbonyl (C=O) groups excluding carboxylic acids is 2. The standard InChI is InChI=1S/C21H21N3O4/c1-13-6-5-9-16(14(13)2)23-19(25)12-28-20(26)11-10-18-22-17-8-4-3-7-15(17)21(27)24-18/h3-9H,10-12H2,1-2H3,(H,23,25)(H,22,24,27). The molecule has 3 rings (SSSR count). The summed E-state index contributed by atoms with van der Waals surface area (Å²) in [5.74, 6) is -0.535. The number of H-pyrrole nitrogens is 1. The highest BCUT2D eigenvalue weighted by molar-refractivity contribution is 5.93. The van der Waals surface area contributed by atoms with Gasteiger partial charge in [-0.1, -0.05) is 24.3 Å². The van der Waals surface area contributed by atoms with Crippen LogP contribution >= 0.6 is 0 Å². The third-order valence-corrected chi connectivity index (χ3v) is 4.47. The van der Waals surface area contributed by atoms with Gasteiger partial charge in [-0.25, -0.2) is 4.98 Å². The number of aromatic amines is 1. The summed E-state index contributed by atoms with van der Waals surface area (Å²) in [6.07, 6.45) is 0.232. The molecule has 0 aliphatic heterocycles. The first kappa shape index (κ1) is 19.3. The molecule has 2 N–H and O–H groups in total.